The number of carbonyl (C=O) groups is 2. The maximum Gasteiger partial charge on any atom is 0.481 e. The maximum atomic E-state index is 12.8. The number of unbranched alkanes of at least 4 members (excludes halogenated alkanes) is 22. The second-order valence-corrected chi connectivity index (χ2v) is 22.5. The van der Waals surface area contributed by atoms with E-state index in [4.69, 9.17) is 29.0 Å². The van der Waals surface area contributed by atoms with Gasteiger partial charge in [0.25, 0.3) is 0 Å². The number of esters is 2. The summed E-state index contributed by atoms with van der Waals surface area (Å²) in [6.45, 7) is 6.80. The van der Waals surface area contributed by atoms with E-state index in [9.17, 15) is 43.5 Å². The summed E-state index contributed by atoms with van der Waals surface area (Å²) in [7, 11) is -10.8. The molecule has 1 aliphatic rings. The van der Waals surface area contributed by atoms with Crippen LogP contribution in [0.3, 0.4) is 0 Å². The molecule has 0 amide bonds. The Kier molecular flexibility index (Phi) is 33.4. The van der Waals surface area contributed by atoms with E-state index >= 15 is 0 Å². The lowest BCUT2D eigenvalue weighted by molar-refractivity contribution is -0.161. The highest BCUT2D eigenvalue weighted by Gasteiger charge is 2.46. The SMILES string of the molecule is CCC(C)CCCCCCCCCCC(=O)O[C@H](COC(=O)CCCCCCCCCCCCCCCCCCC(C)C)COP(=O)(O)OP(=O)(O)OC[C@H]1O[C@@H](n2ccc(N)nc2=O)C(O)[C@H]1O. The lowest BCUT2D eigenvalue weighted by Gasteiger charge is -2.21. The number of anilines is 1. The van der Waals surface area contributed by atoms with Crippen molar-refractivity contribution in [2.75, 3.05) is 25.6 Å². The number of nitrogen functional groups attached to an aromatic ring is 1. The van der Waals surface area contributed by atoms with Crippen molar-refractivity contribution in [1.82, 2.24) is 9.55 Å². The number of phosphoric ester groups is 2. The fourth-order valence-corrected chi connectivity index (χ4v) is 10.3. The Morgan fingerprint density at radius 3 is 1.65 bits per heavy atom. The zero-order valence-electron chi connectivity index (χ0n) is 42.5. The maximum absolute atomic E-state index is 12.8. The molecule has 69 heavy (non-hydrogen) atoms. The van der Waals surface area contributed by atoms with Crippen molar-refractivity contribution < 1.29 is 66.3 Å². The zero-order chi connectivity index (χ0) is 50.9. The smallest absolute Gasteiger partial charge is 0.462 e. The van der Waals surface area contributed by atoms with E-state index in [2.05, 4.69) is 37.0 Å². The Bertz CT molecular complexity index is 1690. The summed E-state index contributed by atoms with van der Waals surface area (Å²) in [5, 5.41) is 20.9. The third-order valence-corrected chi connectivity index (χ3v) is 15.3. The van der Waals surface area contributed by atoms with Gasteiger partial charge in [0.15, 0.2) is 12.3 Å². The van der Waals surface area contributed by atoms with Crippen molar-refractivity contribution >= 4 is 33.4 Å². The largest absolute Gasteiger partial charge is 0.481 e. The lowest BCUT2D eigenvalue weighted by Crippen LogP contribution is -2.36. The number of ether oxygens (including phenoxy) is 3. The van der Waals surface area contributed by atoms with Crippen molar-refractivity contribution in [3.05, 3.63) is 22.7 Å². The van der Waals surface area contributed by atoms with Crippen molar-refractivity contribution in [3.63, 3.8) is 0 Å². The van der Waals surface area contributed by atoms with Crippen molar-refractivity contribution in [3.8, 4) is 0 Å². The summed E-state index contributed by atoms with van der Waals surface area (Å²) in [6, 6.07) is 1.25. The molecule has 6 N–H and O–H groups in total. The fraction of sp³-hybridized carbons (Fsp3) is 0.878. The van der Waals surface area contributed by atoms with Crippen LogP contribution < -0.4 is 11.4 Å². The number of aromatic nitrogens is 2. The summed E-state index contributed by atoms with van der Waals surface area (Å²) in [5.41, 5.74) is 4.59. The van der Waals surface area contributed by atoms with Gasteiger partial charge in [-0.3, -0.25) is 23.2 Å². The molecule has 2 rings (SSSR count). The molecule has 0 aliphatic carbocycles. The lowest BCUT2D eigenvalue weighted by atomic mass is 9.99. The van der Waals surface area contributed by atoms with Crippen molar-refractivity contribution in [2.45, 2.75) is 245 Å². The molecule has 0 bridgehead atoms. The topological polar surface area (TPSA) is 265 Å². The average Bonchev–Trinajstić information content (AvgIpc) is 3.57. The summed E-state index contributed by atoms with van der Waals surface area (Å²) >= 11 is 0. The predicted molar refractivity (Wildman–Crippen MR) is 266 cm³/mol. The number of nitrogens with two attached hydrogens (primary N) is 1. The van der Waals surface area contributed by atoms with Gasteiger partial charge in [0.05, 0.1) is 13.2 Å². The molecule has 0 aromatic carbocycles. The quantitative estimate of drug-likeness (QED) is 0.0231. The molecule has 20 heteroatoms. The van der Waals surface area contributed by atoms with Gasteiger partial charge in [0, 0.05) is 19.0 Å². The number of hydrogen-bond acceptors (Lipinski definition) is 15. The van der Waals surface area contributed by atoms with Crippen LogP contribution in [0, 0.1) is 11.8 Å². The molecule has 1 aromatic rings. The highest BCUT2D eigenvalue weighted by molar-refractivity contribution is 7.61. The monoisotopic (exact) mass is 1020 g/mol. The Balaban J connectivity index is 1.76. The minimum Gasteiger partial charge on any atom is -0.462 e. The van der Waals surface area contributed by atoms with Gasteiger partial charge in [0.2, 0.25) is 0 Å². The molecule has 2 heterocycles. The standard InChI is InChI=1S/C49H91N3O15P2/c1-5-40(4)31-27-23-19-16-17-21-25-29-33-45(54)65-41(36-62-44(53)32-28-24-20-15-13-11-9-7-6-8-10-12-14-18-22-26-30-39(2)3)37-63-68(58,59)67-69(60,61)64-38-42-46(55)47(56)48(66-42)52-35-34-43(50)51-49(52)57/h34-35,39-42,46-48,55-56H,5-33,36-38H2,1-4H3,(H,58,59)(H,60,61)(H2,50,51,57)/t40?,41-,42-,46+,47?,48-/m1/s1. The van der Waals surface area contributed by atoms with Gasteiger partial charge in [-0.15, -0.1) is 0 Å². The summed E-state index contributed by atoms with van der Waals surface area (Å²) in [4.78, 5) is 61.9. The third kappa shape index (κ3) is 30.4. The van der Waals surface area contributed by atoms with Gasteiger partial charge < -0.3 is 39.9 Å². The first-order valence-corrected chi connectivity index (χ1v) is 29.3. The van der Waals surface area contributed by atoms with E-state index in [1.165, 1.54) is 121 Å². The van der Waals surface area contributed by atoms with E-state index < -0.39 is 83.7 Å². The van der Waals surface area contributed by atoms with Crippen LogP contribution >= 0.6 is 15.6 Å². The first-order valence-electron chi connectivity index (χ1n) is 26.3. The molecule has 0 spiro atoms. The van der Waals surface area contributed by atoms with Crippen LogP contribution in [0.15, 0.2) is 17.1 Å². The molecule has 4 unspecified atom stereocenters. The van der Waals surface area contributed by atoms with Gasteiger partial charge in [-0.1, -0.05) is 188 Å². The molecular formula is C49H91N3O15P2. The number of hydrogen-bond donors (Lipinski definition) is 5. The summed E-state index contributed by atoms with van der Waals surface area (Å²) in [5.74, 6) is 0.296. The minimum atomic E-state index is -5.42. The second kappa shape index (κ2) is 36.6. The Hall–Kier alpha value is -2.24. The molecular weight excluding hydrogens is 932 g/mol. The molecule has 402 valence electrons. The van der Waals surface area contributed by atoms with Crippen LogP contribution in [0.1, 0.15) is 220 Å². The molecule has 0 saturated carbocycles. The van der Waals surface area contributed by atoms with Crippen LogP contribution in [-0.4, -0.2) is 85.7 Å². The number of rotatable bonds is 43. The number of carbonyl (C=O) groups excluding carboxylic acids is 2. The first kappa shape index (κ1) is 62.9. The minimum absolute atomic E-state index is 0.0549. The zero-order valence-corrected chi connectivity index (χ0v) is 44.3. The van der Waals surface area contributed by atoms with Gasteiger partial charge in [0.1, 0.15) is 30.7 Å². The van der Waals surface area contributed by atoms with E-state index in [1.54, 1.807) is 0 Å². The van der Waals surface area contributed by atoms with E-state index in [0.29, 0.717) is 12.8 Å². The Labute approximate surface area is 412 Å². The van der Waals surface area contributed by atoms with E-state index in [0.717, 1.165) is 67.8 Å². The van der Waals surface area contributed by atoms with E-state index in [-0.39, 0.29) is 18.7 Å². The highest BCUT2D eigenvalue weighted by Crippen LogP contribution is 2.60. The normalized spacial score (nSPS) is 19.8. The Morgan fingerprint density at radius 2 is 1.16 bits per heavy atom. The van der Waals surface area contributed by atoms with Crippen LogP contribution in [0.2, 0.25) is 0 Å². The molecule has 0 radical (unpaired) electrons. The van der Waals surface area contributed by atoms with Crippen LogP contribution in [0.4, 0.5) is 5.82 Å². The predicted octanol–water partition coefficient (Wildman–Crippen LogP) is 10.8. The van der Waals surface area contributed by atoms with Crippen molar-refractivity contribution in [2.24, 2.45) is 11.8 Å². The number of aliphatic hydroxyl groups excluding tert-OH is 2. The Morgan fingerprint density at radius 1 is 0.696 bits per heavy atom. The molecule has 1 saturated heterocycles. The van der Waals surface area contributed by atoms with Gasteiger partial charge in [-0.05, 0) is 30.7 Å². The van der Waals surface area contributed by atoms with Crippen LogP contribution in [0.5, 0.6) is 0 Å². The summed E-state index contributed by atoms with van der Waals surface area (Å²) in [6.07, 6.45) is 24.9. The second-order valence-electron chi connectivity index (χ2n) is 19.5. The van der Waals surface area contributed by atoms with Gasteiger partial charge in [-0.2, -0.15) is 9.29 Å². The van der Waals surface area contributed by atoms with Crippen LogP contribution in [0.25, 0.3) is 0 Å². The molecule has 8 atom stereocenters. The van der Waals surface area contributed by atoms with Crippen LogP contribution in [-0.2, 0) is 46.3 Å². The number of aliphatic hydroxyl groups is 2. The van der Waals surface area contributed by atoms with E-state index in [1.807, 2.05) is 0 Å². The number of phosphoric acid groups is 2. The number of nitrogens with zero attached hydrogens (tertiary/aromatic N) is 2. The van der Waals surface area contributed by atoms with Gasteiger partial charge in [-0.25, -0.2) is 13.9 Å². The molecule has 1 fully saturated rings. The molecule has 1 aromatic heterocycles. The summed E-state index contributed by atoms with van der Waals surface area (Å²) < 4.78 is 56.8. The highest BCUT2D eigenvalue weighted by atomic mass is 31.3. The van der Waals surface area contributed by atoms with Gasteiger partial charge >= 0.3 is 33.3 Å². The first-order chi connectivity index (χ1) is 32.9. The average molecular weight is 1020 g/mol. The molecule has 18 nitrogen and oxygen atoms in total. The van der Waals surface area contributed by atoms with Crippen molar-refractivity contribution in [1.29, 1.82) is 0 Å². The third-order valence-electron chi connectivity index (χ3n) is 12.7. The fourth-order valence-electron chi connectivity index (χ4n) is 8.18. The molecule has 1 aliphatic heterocycles.